The summed E-state index contributed by atoms with van der Waals surface area (Å²) in [6.45, 7) is 8.22. The molecule has 0 bridgehead atoms. The second-order valence-corrected chi connectivity index (χ2v) is 8.61. The van der Waals surface area contributed by atoms with E-state index in [9.17, 15) is 4.79 Å². The molecule has 27 heavy (non-hydrogen) atoms. The lowest BCUT2D eigenvalue weighted by molar-refractivity contribution is 0.102. The van der Waals surface area contributed by atoms with E-state index in [-0.39, 0.29) is 5.91 Å². The predicted molar refractivity (Wildman–Crippen MR) is 124 cm³/mol. The highest BCUT2D eigenvalue weighted by atomic mass is 127. The number of carbonyl (C=O) groups excluding carboxylic acids is 1. The summed E-state index contributed by atoms with van der Waals surface area (Å²) >= 11 is 2.27. The zero-order valence-corrected chi connectivity index (χ0v) is 19.3. The maximum absolute atomic E-state index is 12.8. The monoisotopic (exact) mass is 479 g/mol. The molecule has 2 rings (SSSR count). The van der Waals surface area contributed by atoms with Crippen molar-refractivity contribution in [3.63, 3.8) is 0 Å². The zero-order chi connectivity index (χ0) is 20.1. The summed E-state index contributed by atoms with van der Waals surface area (Å²) in [5.41, 5.74) is 6.20. The molecule has 0 unspecified atom stereocenters. The van der Waals surface area contributed by atoms with E-state index in [0.717, 1.165) is 34.5 Å². The van der Waals surface area contributed by atoms with E-state index in [2.05, 4.69) is 84.8 Å². The number of hydrogen-bond acceptors (Lipinski definition) is 3. The highest BCUT2D eigenvalue weighted by molar-refractivity contribution is 14.1. The molecule has 0 spiro atoms. The Morgan fingerprint density at radius 2 is 1.63 bits per heavy atom. The van der Waals surface area contributed by atoms with E-state index in [4.69, 9.17) is 0 Å². The van der Waals surface area contributed by atoms with Crippen LogP contribution in [0.15, 0.2) is 30.3 Å². The van der Waals surface area contributed by atoms with Crippen molar-refractivity contribution in [1.82, 2.24) is 4.90 Å². The Kier molecular flexibility index (Phi) is 7.68. The Hall–Kier alpha value is -1.60. The first-order valence-corrected chi connectivity index (χ1v) is 10.3. The van der Waals surface area contributed by atoms with Gasteiger partial charge in [0.05, 0.1) is 11.4 Å². The molecule has 1 N–H and O–H groups in total. The van der Waals surface area contributed by atoms with E-state index >= 15 is 0 Å². The minimum atomic E-state index is -0.0703. The van der Waals surface area contributed by atoms with Gasteiger partial charge >= 0.3 is 0 Å². The minimum absolute atomic E-state index is 0.0703. The molecule has 0 atom stereocenters. The van der Waals surface area contributed by atoms with E-state index in [1.807, 2.05) is 25.1 Å². The number of nitrogens with zero attached hydrogens (tertiary/aromatic N) is 2. The zero-order valence-electron chi connectivity index (χ0n) is 17.2. The molecular weight excluding hydrogens is 449 g/mol. The second kappa shape index (κ2) is 9.55. The highest BCUT2D eigenvalue weighted by Crippen LogP contribution is 2.29. The van der Waals surface area contributed by atoms with Crippen LogP contribution in [0.4, 0.5) is 11.4 Å². The van der Waals surface area contributed by atoms with Gasteiger partial charge in [0.2, 0.25) is 0 Å². The SMILES string of the molecule is Cc1cc(NC(=O)c2ccc(C)c(I)c2)c(N(C)CCCN(C)C)cc1C. The summed E-state index contributed by atoms with van der Waals surface area (Å²) in [4.78, 5) is 17.2. The fourth-order valence-corrected chi connectivity index (χ4v) is 3.41. The Morgan fingerprint density at radius 1 is 0.963 bits per heavy atom. The lowest BCUT2D eigenvalue weighted by atomic mass is 10.1. The number of benzene rings is 2. The van der Waals surface area contributed by atoms with Gasteiger partial charge in [-0.15, -0.1) is 0 Å². The molecule has 4 nitrogen and oxygen atoms in total. The summed E-state index contributed by atoms with van der Waals surface area (Å²) in [6, 6.07) is 10.1. The first kappa shape index (κ1) is 21.7. The summed E-state index contributed by atoms with van der Waals surface area (Å²) in [5, 5.41) is 3.13. The van der Waals surface area contributed by atoms with Crippen molar-refractivity contribution in [2.24, 2.45) is 0 Å². The Labute approximate surface area is 177 Å². The normalized spacial score (nSPS) is 11.0. The first-order valence-electron chi connectivity index (χ1n) is 9.23. The van der Waals surface area contributed by atoms with Crippen LogP contribution in [0.25, 0.3) is 0 Å². The summed E-state index contributed by atoms with van der Waals surface area (Å²) in [6.07, 6.45) is 1.07. The fraction of sp³-hybridized carbons (Fsp3) is 0.409. The van der Waals surface area contributed by atoms with E-state index < -0.39 is 0 Å². The number of hydrogen-bond donors (Lipinski definition) is 1. The van der Waals surface area contributed by atoms with Crippen LogP contribution in [0.1, 0.15) is 33.5 Å². The summed E-state index contributed by atoms with van der Waals surface area (Å²) < 4.78 is 1.10. The van der Waals surface area contributed by atoms with Gasteiger partial charge in [0.1, 0.15) is 0 Å². The van der Waals surface area contributed by atoms with Crippen LogP contribution >= 0.6 is 22.6 Å². The van der Waals surface area contributed by atoms with Gasteiger partial charge in [-0.1, -0.05) is 6.07 Å². The largest absolute Gasteiger partial charge is 0.373 e. The van der Waals surface area contributed by atoms with Crippen molar-refractivity contribution in [3.8, 4) is 0 Å². The van der Waals surface area contributed by atoms with Gasteiger partial charge in [-0.3, -0.25) is 4.79 Å². The molecule has 0 fully saturated rings. The van der Waals surface area contributed by atoms with Crippen LogP contribution in [-0.2, 0) is 0 Å². The molecule has 0 saturated heterocycles. The van der Waals surface area contributed by atoms with Crippen molar-refractivity contribution in [2.45, 2.75) is 27.2 Å². The molecule has 5 heteroatoms. The van der Waals surface area contributed by atoms with Gasteiger partial charge in [0, 0.05) is 22.7 Å². The topological polar surface area (TPSA) is 35.6 Å². The molecule has 0 heterocycles. The number of amides is 1. The maximum Gasteiger partial charge on any atom is 0.255 e. The van der Waals surface area contributed by atoms with Gasteiger partial charge in [-0.05, 0) is 111 Å². The molecule has 2 aromatic rings. The third-order valence-electron chi connectivity index (χ3n) is 4.80. The average molecular weight is 479 g/mol. The quantitative estimate of drug-likeness (QED) is 0.577. The third kappa shape index (κ3) is 5.94. The fourth-order valence-electron chi connectivity index (χ4n) is 2.89. The van der Waals surface area contributed by atoms with Crippen LogP contribution < -0.4 is 10.2 Å². The maximum atomic E-state index is 12.8. The molecule has 0 saturated carbocycles. The molecule has 0 aromatic heterocycles. The number of anilines is 2. The van der Waals surface area contributed by atoms with E-state index in [1.165, 1.54) is 16.7 Å². The lowest BCUT2D eigenvalue weighted by Gasteiger charge is -2.25. The smallest absolute Gasteiger partial charge is 0.255 e. The number of nitrogens with one attached hydrogen (secondary N) is 1. The standard InChI is InChI=1S/C22H30IN3O/c1-15-8-9-18(14-19(15)23)22(27)24-20-12-16(2)17(3)13-21(20)26(6)11-7-10-25(4)5/h8-9,12-14H,7,10-11H2,1-6H3,(H,24,27). The van der Waals surface area contributed by atoms with Gasteiger partial charge in [-0.2, -0.15) is 0 Å². The van der Waals surface area contributed by atoms with Gasteiger partial charge in [0.15, 0.2) is 0 Å². The molecule has 146 valence electrons. The van der Waals surface area contributed by atoms with Crippen molar-refractivity contribution in [3.05, 3.63) is 56.2 Å². The van der Waals surface area contributed by atoms with E-state index in [1.54, 1.807) is 0 Å². The van der Waals surface area contributed by atoms with Gasteiger partial charge in [-0.25, -0.2) is 0 Å². The van der Waals surface area contributed by atoms with Crippen molar-refractivity contribution >= 4 is 39.9 Å². The Morgan fingerprint density at radius 3 is 2.26 bits per heavy atom. The van der Waals surface area contributed by atoms with Crippen LogP contribution in [0.2, 0.25) is 0 Å². The van der Waals surface area contributed by atoms with Crippen LogP contribution in [-0.4, -0.2) is 45.0 Å². The molecule has 0 aliphatic rings. The molecule has 2 aromatic carbocycles. The van der Waals surface area contributed by atoms with Crippen molar-refractivity contribution in [2.75, 3.05) is 44.4 Å². The predicted octanol–water partition coefficient (Wildman–Crippen LogP) is 4.86. The molecule has 0 aliphatic heterocycles. The van der Waals surface area contributed by atoms with Gasteiger partial charge in [0.25, 0.3) is 5.91 Å². The second-order valence-electron chi connectivity index (χ2n) is 7.45. The third-order valence-corrected chi connectivity index (χ3v) is 5.97. The minimum Gasteiger partial charge on any atom is -0.373 e. The Balaban J connectivity index is 2.25. The molecule has 0 aliphatic carbocycles. The van der Waals surface area contributed by atoms with Gasteiger partial charge < -0.3 is 15.1 Å². The summed E-state index contributed by atoms with van der Waals surface area (Å²) in [7, 11) is 6.26. The highest BCUT2D eigenvalue weighted by Gasteiger charge is 2.14. The van der Waals surface area contributed by atoms with Crippen LogP contribution in [0, 0.1) is 24.3 Å². The van der Waals surface area contributed by atoms with Crippen molar-refractivity contribution in [1.29, 1.82) is 0 Å². The van der Waals surface area contributed by atoms with Crippen molar-refractivity contribution < 1.29 is 4.79 Å². The van der Waals surface area contributed by atoms with Crippen LogP contribution in [0.5, 0.6) is 0 Å². The average Bonchev–Trinajstić information content (AvgIpc) is 2.59. The molecule has 1 amide bonds. The first-order chi connectivity index (χ1) is 12.7. The number of aryl methyl sites for hydroxylation is 3. The number of halogens is 1. The summed E-state index contributed by atoms with van der Waals surface area (Å²) in [5.74, 6) is -0.0703. The Bertz CT molecular complexity index is 817. The number of carbonyl (C=O) groups is 1. The van der Waals surface area contributed by atoms with Crippen LogP contribution in [0.3, 0.4) is 0 Å². The van der Waals surface area contributed by atoms with E-state index in [0.29, 0.717) is 5.56 Å². The number of rotatable bonds is 7. The molecule has 0 radical (unpaired) electrons. The molecular formula is C22H30IN3O. The lowest BCUT2D eigenvalue weighted by Crippen LogP contribution is -2.25.